The molecule has 0 saturated heterocycles. The van der Waals surface area contributed by atoms with Gasteiger partial charge in [0, 0.05) is 17.8 Å². The molecule has 2 heterocycles. The summed E-state index contributed by atoms with van der Waals surface area (Å²) in [6.07, 6.45) is 5.25. The minimum atomic E-state index is -3.21. The molecule has 1 aliphatic rings. The Morgan fingerprint density at radius 1 is 1.45 bits per heavy atom. The molecular weight excluding hydrogens is 322 g/mol. The molecule has 22 heavy (non-hydrogen) atoms. The molecule has 0 fully saturated rings. The first kappa shape index (κ1) is 15.4. The average molecular weight is 340 g/mol. The van der Waals surface area contributed by atoms with Gasteiger partial charge in [-0.15, -0.1) is 0 Å². The lowest BCUT2D eigenvalue weighted by molar-refractivity contribution is 0.576. The third kappa shape index (κ3) is 2.98. The monoisotopic (exact) mass is 339 g/mol. The fourth-order valence-corrected chi connectivity index (χ4v) is 4.54. The van der Waals surface area contributed by atoms with E-state index in [4.69, 9.17) is 11.6 Å². The van der Waals surface area contributed by atoms with E-state index in [-0.39, 0.29) is 11.8 Å². The number of anilines is 1. The number of nitrogens with zero attached hydrogens (tertiary/aromatic N) is 2. The van der Waals surface area contributed by atoms with Crippen LogP contribution in [0.1, 0.15) is 31.4 Å². The summed E-state index contributed by atoms with van der Waals surface area (Å²) < 4.78 is 26.2. The van der Waals surface area contributed by atoms with Crippen LogP contribution in [0.15, 0.2) is 35.5 Å². The quantitative estimate of drug-likeness (QED) is 0.928. The molecule has 2 aromatic rings. The summed E-state index contributed by atoms with van der Waals surface area (Å²) in [5.41, 5.74) is 1.63. The van der Waals surface area contributed by atoms with Crippen LogP contribution < -0.4 is 5.32 Å². The SMILES string of the molecule is CCCn1cc(N[C@@H]2CCS(=O)(=O)c3ccc(Cl)cc32)cn1. The van der Waals surface area contributed by atoms with Gasteiger partial charge >= 0.3 is 0 Å². The second-order valence-corrected chi connectivity index (χ2v) is 7.99. The first-order valence-corrected chi connectivity index (χ1v) is 9.34. The molecule has 1 aromatic heterocycles. The van der Waals surface area contributed by atoms with Crippen molar-refractivity contribution in [2.45, 2.75) is 37.2 Å². The molecule has 3 rings (SSSR count). The normalized spacial score (nSPS) is 19.6. The number of halogens is 1. The van der Waals surface area contributed by atoms with Crippen LogP contribution in [0, 0.1) is 0 Å². The molecular formula is C15H18ClN3O2S. The summed E-state index contributed by atoms with van der Waals surface area (Å²) in [5, 5.41) is 8.20. The topological polar surface area (TPSA) is 64.0 Å². The Morgan fingerprint density at radius 3 is 3.05 bits per heavy atom. The summed E-state index contributed by atoms with van der Waals surface area (Å²) >= 11 is 6.04. The largest absolute Gasteiger partial charge is 0.376 e. The first-order valence-electron chi connectivity index (χ1n) is 7.31. The number of sulfone groups is 1. The van der Waals surface area contributed by atoms with E-state index in [1.54, 1.807) is 24.4 Å². The van der Waals surface area contributed by atoms with Crippen molar-refractivity contribution in [2.75, 3.05) is 11.1 Å². The third-order valence-electron chi connectivity index (χ3n) is 3.78. The molecule has 1 atom stereocenters. The summed E-state index contributed by atoms with van der Waals surface area (Å²) in [5.74, 6) is 0.141. The van der Waals surface area contributed by atoms with Crippen LogP contribution in [0.3, 0.4) is 0 Å². The smallest absolute Gasteiger partial charge is 0.178 e. The first-order chi connectivity index (χ1) is 10.5. The number of nitrogens with one attached hydrogen (secondary N) is 1. The third-order valence-corrected chi connectivity index (χ3v) is 5.83. The molecule has 7 heteroatoms. The van der Waals surface area contributed by atoms with Crippen LogP contribution in [-0.4, -0.2) is 24.0 Å². The van der Waals surface area contributed by atoms with Gasteiger partial charge in [-0.3, -0.25) is 4.68 Å². The average Bonchev–Trinajstić information content (AvgIpc) is 2.90. The molecule has 1 N–H and O–H groups in total. The standard InChI is InChI=1S/C15H18ClN3O2S/c1-2-6-19-10-12(9-17-19)18-14-5-7-22(20,21)15-4-3-11(16)8-13(14)15/h3-4,8-10,14,18H,2,5-7H2,1H3/t14-/m1/s1. The fourth-order valence-electron chi connectivity index (χ4n) is 2.75. The van der Waals surface area contributed by atoms with Crippen LogP contribution in [0.5, 0.6) is 0 Å². The van der Waals surface area contributed by atoms with Crippen molar-refractivity contribution in [1.29, 1.82) is 0 Å². The maximum atomic E-state index is 12.2. The van der Waals surface area contributed by atoms with E-state index in [9.17, 15) is 8.42 Å². The molecule has 0 amide bonds. The number of fused-ring (bicyclic) bond motifs is 1. The van der Waals surface area contributed by atoms with Crippen LogP contribution >= 0.6 is 11.6 Å². The highest BCUT2D eigenvalue weighted by Crippen LogP contribution is 2.35. The van der Waals surface area contributed by atoms with Crippen molar-refractivity contribution in [3.8, 4) is 0 Å². The number of hydrogen-bond acceptors (Lipinski definition) is 4. The van der Waals surface area contributed by atoms with Crippen molar-refractivity contribution in [3.05, 3.63) is 41.2 Å². The van der Waals surface area contributed by atoms with Gasteiger partial charge in [0.2, 0.25) is 0 Å². The lowest BCUT2D eigenvalue weighted by Crippen LogP contribution is -2.24. The van der Waals surface area contributed by atoms with E-state index >= 15 is 0 Å². The molecule has 0 saturated carbocycles. The molecule has 0 unspecified atom stereocenters. The van der Waals surface area contributed by atoms with Crippen LogP contribution in [0.25, 0.3) is 0 Å². The number of benzene rings is 1. The number of hydrogen-bond donors (Lipinski definition) is 1. The molecule has 0 bridgehead atoms. The van der Waals surface area contributed by atoms with E-state index in [0.29, 0.717) is 16.3 Å². The molecule has 1 aromatic carbocycles. The summed E-state index contributed by atoms with van der Waals surface area (Å²) in [6, 6.07) is 4.89. The predicted molar refractivity (Wildman–Crippen MR) is 87.0 cm³/mol. The van der Waals surface area contributed by atoms with E-state index in [1.807, 2.05) is 10.9 Å². The molecule has 0 spiro atoms. The predicted octanol–water partition coefficient (Wildman–Crippen LogP) is 3.28. The summed E-state index contributed by atoms with van der Waals surface area (Å²) in [6.45, 7) is 2.96. The summed E-state index contributed by atoms with van der Waals surface area (Å²) in [4.78, 5) is 0.376. The Morgan fingerprint density at radius 2 is 2.27 bits per heavy atom. The zero-order valence-electron chi connectivity index (χ0n) is 12.3. The number of aromatic nitrogens is 2. The van der Waals surface area contributed by atoms with Crippen LogP contribution in [0.4, 0.5) is 5.69 Å². The van der Waals surface area contributed by atoms with Gasteiger partial charge in [0.25, 0.3) is 0 Å². The molecule has 0 aliphatic carbocycles. The van der Waals surface area contributed by atoms with E-state index in [2.05, 4.69) is 17.3 Å². The lowest BCUT2D eigenvalue weighted by atomic mass is 10.0. The molecule has 5 nitrogen and oxygen atoms in total. The Labute approximate surface area is 135 Å². The van der Waals surface area contributed by atoms with E-state index in [1.165, 1.54) is 0 Å². The van der Waals surface area contributed by atoms with Gasteiger partial charge in [-0.2, -0.15) is 5.10 Å². The molecule has 1 aliphatic heterocycles. The van der Waals surface area contributed by atoms with Crippen molar-refractivity contribution < 1.29 is 8.42 Å². The van der Waals surface area contributed by atoms with Gasteiger partial charge in [-0.1, -0.05) is 18.5 Å². The highest BCUT2D eigenvalue weighted by atomic mass is 35.5. The zero-order valence-corrected chi connectivity index (χ0v) is 13.9. The van der Waals surface area contributed by atoms with Crippen LogP contribution in [0.2, 0.25) is 5.02 Å². The maximum absolute atomic E-state index is 12.2. The second kappa shape index (κ2) is 5.93. The van der Waals surface area contributed by atoms with Crippen LogP contribution in [-0.2, 0) is 16.4 Å². The van der Waals surface area contributed by atoms with Gasteiger partial charge < -0.3 is 5.32 Å². The Kier molecular flexibility index (Phi) is 4.14. The van der Waals surface area contributed by atoms with Crippen molar-refractivity contribution in [1.82, 2.24) is 9.78 Å². The number of aryl methyl sites for hydroxylation is 1. The minimum Gasteiger partial charge on any atom is -0.376 e. The van der Waals surface area contributed by atoms with Crippen molar-refractivity contribution >= 4 is 27.1 Å². The fraction of sp³-hybridized carbons (Fsp3) is 0.400. The Bertz CT molecular complexity index is 786. The van der Waals surface area contributed by atoms with Gasteiger partial charge in [0.05, 0.1) is 28.6 Å². The highest BCUT2D eigenvalue weighted by molar-refractivity contribution is 7.91. The Hall–Kier alpha value is -1.53. The van der Waals surface area contributed by atoms with Gasteiger partial charge in [0.1, 0.15) is 0 Å². The van der Waals surface area contributed by atoms with Gasteiger partial charge in [-0.25, -0.2) is 8.42 Å². The zero-order chi connectivity index (χ0) is 15.7. The molecule has 0 radical (unpaired) electrons. The number of rotatable bonds is 4. The van der Waals surface area contributed by atoms with E-state index < -0.39 is 9.84 Å². The lowest BCUT2D eigenvalue weighted by Gasteiger charge is -2.26. The minimum absolute atomic E-state index is 0.0727. The Balaban J connectivity index is 1.90. The maximum Gasteiger partial charge on any atom is 0.178 e. The molecule has 118 valence electrons. The van der Waals surface area contributed by atoms with Gasteiger partial charge in [-0.05, 0) is 36.6 Å². The van der Waals surface area contributed by atoms with E-state index in [0.717, 1.165) is 24.2 Å². The highest BCUT2D eigenvalue weighted by Gasteiger charge is 2.30. The van der Waals surface area contributed by atoms with Crippen molar-refractivity contribution in [3.63, 3.8) is 0 Å². The van der Waals surface area contributed by atoms with Crippen molar-refractivity contribution in [2.24, 2.45) is 0 Å². The second-order valence-electron chi connectivity index (χ2n) is 5.48. The summed E-state index contributed by atoms with van der Waals surface area (Å²) in [7, 11) is -3.21. The van der Waals surface area contributed by atoms with Gasteiger partial charge in [0.15, 0.2) is 9.84 Å².